The van der Waals surface area contributed by atoms with E-state index < -0.39 is 111 Å². The summed E-state index contributed by atoms with van der Waals surface area (Å²) in [5.41, 5.74) is 5.45. The maximum absolute atomic E-state index is 11.8. The second-order valence-corrected chi connectivity index (χ2v) is 10.4. The zero-order valence-electron chi connectivity index (χ0n) is 22.7. The van der Waals surface area contributed by atoms with Gasteiger partial charge in [-0.05, 0) is 19.4 Å². The molecule has 0 amide bonds. The van der Waals surface area contributed by atoms with Gasteiger partial charge in [0.15, 0.2) is 25.0 Å². The first-order chi connectivity index (χ1) is 20.0. The van der Waals surface area contributed by atoms with Gasteiger partial charge in [0.05, 0.1) is 13.2 Å². The second kappa shape index (κ2) is 16.2. The molecule has 15 atom stereocenters. The van der Waals surface area contributed by atoms with Gasteiger partial charge in [-0.25, -0.2) is 4.79 Å². The van der Waals surface area contributed by atoms with Crippen LogP contribution in [-0.2, 0) is 33.2 Å². The number of nitrogens with two attached hydrogens (primary N) is 1. The Bertz CT molecular complexity index is 822. The minimum absolute atomic E-state index is 0.169. The van der Waals surface area contributed by atoms with E-state index in [1.807, 2.05) is 0 Å². The number of hydrogen-bond donors (Lipinski definition) is 11. The van der Waals surface area contributed by atoms with Crippen molar-refractivity contribution in [2.45, 2.75) is 118 Å². The molecule has 18 heteroatoms. The lowest BCUT2D eigenvalue weighted by Crippen LogP contribution is -2.67. The SMILES string of the molecule is NCCCCCCO[C@@H]1O[C@H](CO)[C@@H](O[C@@H]2O[C@H](C(=O)O)[C@@H](O)[C@H](O[C@@H]3O[C@H](CO)[C@@H](O)[C@H](O)[C@H]3O)[C@H]2O)[C@H](O)[C@H]1O. The number of carboxylic acids is 1. The molecule has 3 aliphatic rings. The summed E-state index contributed by atoms with van der Waals surface area (Å²) in [6.45, 7) is -0.842. The minimum atomic E-state index is -2.10. The fourth-order valence-electron chi connectivity index (χ4n) is 4.96. The molecule has 0 spiro atoms. The number of aliphatic carboxylic acids is 1. The monoisotopic (exact) mass is 617 g/mol. The number of unbranched alkanes of at least 4 members (excludes halogenated alkanes) is 3. The lowest BCUT2D eigenvalue weighted by molar-refractivity contribution is -0.376. The van der Waals surface area contributed by atoms with Crippen molar-refractivity contribution >= 4 is 5.97 Å². The van der Waals surface area contributed by atoms with Crippen molar-refractivity contribution in [3.05, 3.63) is 0 Å². The van der Waals surface area contributed by atoms with E-state index in [0.717, 1.165) is 19.3 Å². The Balaban J connectivity index is 1.71. The molecular formula is C24H43NO17. The van der Waals surface area contributed by atoms with Crippen LogP contribution in [0.1, 0.15) is 25.7 Å². The average Bonchev–Trinajstić information content (AvgIpc) is 2.97. The normalized spacial score (nSPS) is 44.7. The van der Waals surface area contributed by atoms with Crippen LogP contribution in [0.2, 0.25) is 0 Å². The van der Waals surface area contributed by atoms with Crippen LogP contribution in [-0.4, -0.2) is 176 Å². The maximum atomic E-state index is 11.8. The van der Waals surface area contributed by atoms with Crippen molar-refractivity contribution < 1.29 is 84.3 Å². The number of aliphatic hydroxyl groups is 9. The predicted molar refractivity (Wildman–Crippen MR) is 133 cm³/mol. The first-order valence-electron chi connectivity index (χ1n) is 13.8. The van der Waals surface area contributed by atoms with Gasteiger partial charge in [0, 0.05) is 6.61 Å². The van der Waals surface area contributed by atoms with Crippen LogP contribution in [0.15, 0.2) is 0 Å². The molecule has 246 valence electrons. The molecule has 42 heavy (non-hydrogen) atoms. The molecule has 0 aliphatic carbocycles. The van der Waals surface area contributed by atoms with Crippen molar-refractivity contribution in [1.29, 1.82) is 0 Å². The van der Waals surface area contributed by atoms with Crippen LogP contribution >= 0.6 is 0 Å². The zero-order valence-corrected chi connectivity index (χ0v) is 22.7. The lowest BCUT2D eigenvalue weighted by atomic mass is 9.96. The zero-order chi connectivity index (χ0) is 31.1. The van der Waals surface area contributed by atoms with Gasteiger partial charge in [0.25, 0.3) is 0 Å². The molecular weight excluding hydrogens is 574 g/mol. The highest BCUT2D eigenvalue weighted by Gasteiger charge is 2.55. The average molecular weight is 618 g/mol. The van der Waals surface area contributed by atoms with Gasteiger partial charge in [-0.2, -0.15) is 0 Å². The molecule has 0 unspecified atom stereocenters. The summed E-state index contributed by atoms with van der Waals surface area (Å²) in [6, 6.07) is 0. The van der Waals surface area contributed by atoms with Gasteiger partial charge < -0.3 is 85.2 Å². The van der Waals surface area contributed by atoms with Gasteiger partial charge in [0.1, 0.15) is 67.1 Å². The highest BCUT2D eigenvalue weighted by Crippen LogP contribution is 2.33. The standard InChI is InChI=1S/C24H43NO17/c25-5-3-1-2-4-6-37-22-15(32)13(30)18(10(8-27)39-22)40-24-17(34)19(16(33)20(42-24)21(35)36)41-23-14(31)12(29)11(28)9(7-26)38-23/h9-20,22-24,26-34H,1-8,25H2,(H,35,36)/t9-,10-,11-,12+,13-,14-,15-,16+,17-,18-,19+,20+,22-,23+,24-/m1/s1. The fourth-order valence-corrected chi connectivity index (χ4v) is 4.96. The topological polar surface area (TPSA) is 301 Å². The Kier molecular flexibility index (Phi) is 13.6. The molecule has 0 aromatic rings. The second-order valence-electron chi connectivity index (χ2n) is 10.4. The van der Waals surface area contributed by atoms with E-state index in [-0.39, 0.29) is 6.61 Å². The third-order valence-electron chi connectivity index (χ3n) is 7.42. The fraction of sp³-hybridized carbons (Fsp3) is 0.958. The van der Waals surface area contributed by atoms with Crippen LogP contribution in [0.3, 0.4) is 0 Å². The molecule has 12 N–H and O–H groups in total. The number of aliphatic hydroxyl groups excluding tert-OH is 9. The molecule has 18 nitrogen and oxygen atoms in total. The maximum Gasteiger partial charge on any atom is 0.335 e. The molecule has 3 saturated heterocycles. The molecule has 0 saturated carbocycles. The molecule has 3 heterocycles. The van der Waals surface area contributed by atoms with E-state index in [2.05, 4.69) is 0 Å². The number of carbonyl (C=O) groups is 1. The first-order valence-corrected chi connectivity index (χ1v) is 13.8. The van der Waals surface area contributed by atoms with E-state index in [1.165, 1.54) is 0 Å². The van der Waals surface area contributed by atoms with Gasteiger partial charge in [-0.15, -0.1) is 0 Å². The summed E-state index contributed by atoms with van der Waals surface area (Å²) < 4.78 is 32.5. The van der Waals surface area contributed by atoms with Gasteiger partial charge in [-0.3, -0.25) is 0 Å². The minimum Gasteiger partial charge on any atom is -0.479 e. The smallest absolute Gasteiger partial charge is 0.335 e. The number of carboxylic acid groups (broad SMARTS) is 1. The number of rotatable bonds is 14. The molecule has 0 bridgehead atoms. The third-order valence-corrected chi connectivity index (χ3v) is 7.42. The van der Waals surface area contributed by atoms with Crippen molar-refractivity contribution in [3.8, 4) is 0 Å². The summed E-state index contributed by atoms with van der Waals surface area (Å²) in [5, 5.41) is 102. The first kappa shape index (κ1) is 35.3. The quantitative estimate of drug-likeness (QED) is 0.0808. The lowest BCUT2D eigenvalue weighted by Gasteiger charge is -2.47. The van der Waals surface area contributed by atoms with Crippen LogP contribution in [0.25, 0.3) is 0 Å². The predicted octanol–water partition coefficient (Wildman–Crippen LogP) is -5.94. The summed E-state index contributed by atoms with van der Waals surface area (Å²) in [4.78, 5) is 11.8. The van der Waals surface area contributed by atoms with E-state index in [9.17, 15) is 55.9 Å². The van der Waals surface area contributed by atoms with Gasteiger partial charge >= 0.3 is 5.97 Å². The number of ether oxygens (including phenoxy) is 6. The summed E-state index contributed by atoms with van der Waals surface area (Å²) >= 11 is 0. The molecule has 3 fully saturated rings. The Labute approximate surface area is 240 Å². The molecule has 0 aromatic heterocycles. The van der Waals surface area contributed by atoms with E-state index in [1.54, 1.807) is 0 Å². The Hall–Kier alpha value is -1.17. The van der Waals surface area contributed by atoms with Crippen LogP contribution in [0.5, 0.6) is 0 Å². The molecule has 3 rings (SSSR count). The molecule has 0 aromatic carbocycles. The van der Waals surface area contributed by atoms with Crippen molar-refractivity contribution in [1.82, 2.24) is 0 Å². The highest BCUT2D eigenvalue weighted by molar-refractivity contribution is 5.73. The van der Waals surface area contributed by atoms with Crippen LogP contribution in [0.4, 0.5) is 0 Å². The Morgan fingerprint density at radius 2 is 1.19 bits per heavy atom. The van der Waals surface area contributed by atoms with Crippen molar-refractivity contribution in [2.24, 2.45) is 5.73 Å². The van der Waals surface area contributed by atoms with Crippen LogP contribution in [0, 0.1) is 0 Å². The van der Waals surface area contributed by atoms with E-state index in [0.29, 0.717) is 13.0 Å². The van der Waals surface area contributed by atoms with E-state index in [4.69, 9.17) is 34.2 Å². The van der Waals surface area contributed by atoms with Gasteiger partial charge in [0.2, 0.25) is 0 Å². The number of hydrogen-bond acceptors (Lipinski definition) is 17. The summed E-state index contributed by atoms with van der Waals surface area (Å²) in [6.07, 6.45) is -23.6. The van der Waals surface area contributed by atoms with Gasteiger partial charge in [-0.1, -0.05) is 12.8 Å². The molecule has 0 radical (unpaired) electrons. The largest absolute Gasteiger partial charge is 0.479 e. The van der Waals surface area contributed by atoms with Crippen molar-refractivity contribution in [3.63, 3.8) is 0 Å². The highest BCUT2D eigenvalue weighted by atomic mass is 16.8. The summed E-state index contributed by atoms with van der Waals surface area (Å²) in [7, 11) is 0. The Morgan fingerprint density at radius 1 is 0.619 bits per heavy atom. The van der Waals surface area contributed by atoms with E-state index >= 15 is 0 Å². The Morgan fingerprint density at radius 3 is 1.81 bits per heavy atom. The molecule has 3 aliphatic heterocycles. The summed E-state index contributed by atoms with van der Waals surface area (Å²) in [5.74, 6) is -1.72. The van der Waals surface area contributed by atoms with Crippen molar-refractivity contribution in [2.75, 3.05) is 26.4 Å². The third kappa shape index (κ3) is 8.10. The van der Waals surface area contributed by atoms with Crippen LogP contribution < -0.4 is 5.73 Å².